The average Bonchev–Trinajstić information content (AvgIpc) is 3.02. The quantitative estimate of drug-likeness (QED) is 0.920. The Morgan fingerprint density at radius 1 is 1.12 bits per heavy atom. The molecule has 2 amide bonds. The fourth-order valence-corrected chi connectivity index (χ4v) is 2.78. The van der Waals surface area contributed by atoms with Crippen LogP contribution in [0, 0.1) is 0 Å². The van der Waals surface area contributed by atoms with Crippen LogP contribution < -0.4 is 15.0 Å². The van der Waals surface area contributed by atoms with Crippen LogP contribution in [0.4, 0.5) is 11.4 Å². The predicted octanol–water partition coefficient (Wildman–Crippen LogP) is 3.00. The Morgan fingerprint density at radius 2 is 1.83 bits per heavy atom. The molecule has 1 saturated heterocycles. The third-order valence-electron chi connectivity index (χ3n) is 4.06. The van der Waals surface area contributed by atoms with Crippen molar-refractivity contribution in [3.8, 4) is 5.75 Å². The molecule has 0 radical (unpaired) electrons. The molecule has 3 rings (SSSR count). The minimum atomic E-state index is -0.0786. The molecule has 5 nitrogen and oxygen atoms in total. The van der Waals surface area contributed by atoms with Gasteiger partial charge in [-0.1, -0.05) is 12.1 Å². The third kappa shape index (κ3) is 3.74. The highest BCUT2D eigenvalue weighted by molar-refractivity contribution is 5.96. The Bertz CT molecular complexity index is 723. The third-order valence-corrected chi connectivity index (χ3v) is 4.06. The van der Waals surface area contributed by atoms with E-state index >= 15 is 0 Å². The van der Waals surface area contributed by atoms with Crippen LogP contribution in [0.3, 0.4) is 0 Å². The van der Waals surface area contributed by atoms with Crippen molar-refractivity contribution in [2.24, 2.45) is 0 Å². The van der Waals surface area contributed by atoms with Crippen molar-refractivity contribution < 1.29 is 14.3 Å². The Balaban J connectivity index is 1.58. The molecule has 1 aliphatic heterocycles. The SMILES string of the molecule is COc1ccc(CC(=O)Nc2ccc(N3CCCC3=O)cc2)cc1. The second kappa shape index (κ2) is 7.17. The number of amides is 2. The molecule has 0 aliphatic carbocycles. The molecule has 0 aromatic heterocycles. The summed E-state index contributed by atoms with van der Waals surface area (Å²) in [6, 6.07) is 14.8. The largest absolute Gasteiger partial charge is 0.497 e. The molecular formula is C19H20N2O3. The average molecular weight is 324 g/mol. The maximum Gasteiger partial charge on any atom is 0.228 e. The second-order valence-electron chi connectivity index (χ2n) is 5.77. The Kier molecular flexibility index (Phi) is 4.79. The molecule has 0 bridgehead atoms. The molecule has 2 aromatic rings. The van der Waals surface area contributed by atoms with Gasteiger partial charge in [0.1, 0.15) is 5.75 Å². The van der Waals surface area contributed by atoms with Gasteiger partial charge in [0, 0.05) is 24.3 Å². The highest BCUT2D eigenvalue weighted by atomic mass is 16.5. The van der Waals surface area contributed by atoms with Crippen LogP contribution in [-0.4, -0.2) is 25.5 Å². The zero-order valence-electron chi connectivity index (χ0n) is 13.6. The summed E-state index contributed by atoms with van der Waals surface area (Å²) < 4.78 is 5.10. The van der Waals surface area contributed by atoms with Gasteiger partial charge in [0.2, 0.25) is 11.8 Å². The maximum atomic E-state index is 12.1. The molecule has 0 spiro atoms. The number of rotatable bonds is 5. The Hall–Kier alpha value is -2.82. The van der Waals surface area contributed by atoms with Gasteiger partial charge >= 0.3 is 0 Å². The Morgan fingerprint density at radius 3 is 2.42 bits per heavy atom. The minimum absolute atomic E-state index is 0.0786. The molecule has 24 heavy (non-hydrogen) atoms. The maximum absolute atomic E-state index is 12.1. The minimum Gasteiger partial charge on any atom is -0.497 e. The smallest absolute Gasteiger partial charge is 0.228 e. The first-order valence-electron chi connectivity index (χ1n) is 7.99. The normalized spacial score (nSPS) is 13.9. The molecule has 2 aromatic carbocycles. The first-order valence-corrected chi connectivity index (χ1v) is 7.99. The fourth-order valence-electron chi connectivity index (χ4n) is 2.78. The van der Waals surface area contributed by atoms with E-state index in [4.69, 9.17) is 4.74 Å². The summed E-state index contributed by atoms with van der Waals surface area (Å²) in [6.07, 6.45) is 1.82. The molecule has 1 heterocycles. The van der Waals surface area contributed by atoms with Gasteiger partial charge in [0.25, 0.3) is 0 Å². The van der Waals surface area contributed by atoms with Gasteiger partial charge in [-0.05, 0) is 48.4 Å². The summed E-state index contributed by atoms with van der Waals surface area (Å²) in [6.45, 7) is 0.766. The number of nitrogens with zero attached hydrogens (tertiary/aromatic N) is 1. The van der Waals surface area contributed by atoms with Crippen LogP contribution in [0.2, 0.25) is 0 Å². The topological polar surface area (TPSA) is 58.6 Å². The molecule has 124 valence electrons. The van der Waals surface area contributed by atoms with Crippen LogP contribution >= 0.6 is 0 Å². The van der Waals surface area contributed by atoms with Gasteiger partial charge in [-0.15, -0.1) is 0 Å². The molecule has 5 heteroatoms. The fraction of sp³-hybridized carbons (Fsp3) is 0.263. The van der Waals surface area contributed by atoms with Crippen molar-refractivity contribution in [3.05, 3.63) is 54.1 Å². The lowest BCUT2D eigenvalue weighted by molar-refractivity contribution is -0.117. The summed E-state index contributed by atoms with van der Waals surface area (Å²) in [5.41, 5.74) is 2.53. The molecular weight excluding hydrogens is 304 g/mol. The number of carbonyl (C=O) groups excluding carboxylic acids is 2. The van der Waals surface area contributed by atoms with Crippen molar-refractivity contribution in [1.29, 1.82) is 0 Å². The van der Waals surface area contributed by atoms with E-state index in [0.29, 0.717) is 12.8 Å². The van der Waals surface area contributed by atoms with Crippen LogP contribution in [0.15, 0.2) is 48.5 Å². The number of methoxy groups -OCH3 is 1. The van der Waals surface area contributed by atoms with E-state index in [1.54, 1.807) is 12.0 Å². The number of carbonyl (C=O) groups is 2. The number of hydrogen-bond acceptors (Lipinski definition) is 3. The van der Waals surface area contributed by atoms with Crippen LogP contribution in [0.25, 0.3) is 0 Å². The van der Waals surface area contributed by atoms with Crippen LogP contribution in [-0.2, 0) is 16.0 Å². The number of hydrogen-bond donors (Lipinski definition) is 1. The van der Waals surface area contributed by atoms with E-state index in [-0.39, 0.29) is 11.8 Å². The highest BCUT2D eigenvalue weighted by Crippen LogP contribution is 2.23. The first-order chi connectivity index (χ1) is 11.7. The van der Waals surface area contributed by atoms with Crippen molar-refractivity contribution >= 4 is 23.2 Å². The van der Waals surface area contributed by atoms with Crippen LogP contribution in [0.1, 0.15) is 18.4 Å². The molecule has 0 saturated carbocycles. The van der Waals surface area contributed by atoms with Gasteiger partial charge < -0.3 is 15.0 Å². The van der Waals surface area contributed by atoms with Gasteiger partial charge in [0.15, 0.2) is 0 Å². The number of nitrogens with one attached hydrogen (secondary N) is 1. The molecule has 1 N–H and O–H groups in total. The van der Waals surface area contributed by atoms with Gasteiger partial charge in [-0.2, -0.15) is 0 Å². The van der Waals surface area contributed by atoms with E-state index < -0.39 is 0 Å². The standard InChI is InChI=1S/C19H20N2O3/c1-24-17-10-4-14(5-11-17)13-18(22)20-15-6-8-16(9-7-15)21-12-2-3-19(21)23/h4-11H,2-3,12-13H2,1H3,(H,20,22). The molecule has 1 fully saturated rings. The van der Waals surface area contributed by atoms with Crippen molar-refractivity contribution in [3.63, 3.8) is 0 Å². The van der Waals surface area contributed by atoms with Gasteiger partial charge in [-0.25, -0.2) is 0 Å². The van der Waals surface area contributed by atoms with Gasteiger partial charge in [0.05, 0.1) is 13.5 Å². The van der Waals surface area contributed by atoms with E-state index in [2.05, 4.69) is 5.32 Å². The number of anilines is 2. The van der Waals surface area contributed by atoms with Crippen molar-refractivity contribution in [2.45, 2.75) is 19.3 Å². The molecule has 0 atom stereocenters. The monoisotopic (exact) mass is 324 g/mol. The predicted molar refractivity (Wildman–Crippen MR) is 93.4 cm³/mol. The zero-order chi connectivity index (χ0) is 16.9. The summed E-state index contributed by atoms with van der Waals surface area (Å²) in [7, 11) is 1.61. The summed E-state index contributed by atoms with van der Waals surface area (Å²) in [4.78, 5) is 25.6. The number of benzene rings is 2. The lowest BCUT2D eigenvalue weighted by Crippen LogP contribution is -2.23. The number of ether oxygens (including phenoxy) is 1. The first kappa shape index (κ1) is 16.1. The zero-order valence-corrected chi connectivity index (χ0v) is 13.6. The lowest BCUT2D eigenvalue weighted by atomic mass is 10.1. The summed E-state index contributed by atoms with van der Waals surface area (Å²) in [5.74, 6) is 0.850. The summed E-state index contributed by atoms with van der Waals surface area (Å²) >= 11 is 0. The Labute approximate surface area is 141 Å². The van der Waals surface area contributed by atoms with Gasteiger partial charge in [-0.3, -0.25) is 9.59 Å². The van der Waals surface area contributed by atoms with E-state index in [0.717, 1.165) is 35.7 Å². The van der Waals surface area contributed by atoms with Crippen LogP contribution in [0.5, 0.6) is 5.75 Å². The van der Waals surface area contributed by atoms with Crippen molar-refractivity contribution in [2.75, 3.05) is 23.9 Å². The van der Waals surface area contributed by atoms with E-state index in [1.807, 2.05) is 48.5 Å². The van der Waals surface area contributed by atoms with E-state index in [9.17, 15) is 9.59 Å². The second-order valence-corrected chi connectivity index (χ2v) is 5.77. The summed E-state index contributed by atoms with van der Waals surface area (Å²) in [5, 5.41) is 2.87. The molecule has 0 unspecified atom stereocenters. The van der Waals surface area contributed by atoms with Crippen molar-refractivity contribution in [1.82, 2.24) is 0 Å². The molecule has 1 aliphatic rings. The van der Waals surface area contributed by atoms with E-state index in [1.165, 1.54) is 0 Å². The lowest BCUT2D eigenvalue weighted by Gasteiger charge is -2.16. The highest BCUT2D eigenvalue weighted by Gasteiger charge is 2.21.